The highest BCUT2D eigenvalue weighted by molar-refractivity contribution is 5.95. The zero-order chi connectivity index (χ0) is 16.1. The summed E-state index contributed by atoms with van der Waals surface area (Å²) < 4.78 is 0. The van der Waals surface area contributed by atoms with Gasteiger partial charge < -0.3 is 5.32 Å². The van der Waals surface area contributed by atoms with E-state index in [2.05, 4.69) is 5.32 Å². The largest absolute Gasteiger partial charge is 0.326 e. The van der Waals surface area contributed by atoms with E-state index in [4.69, 9.17) is 9.68 Å². The van der Waals surface area contributed by atoms with Gasteiger partial charge in [0, 0.05) is 17.2 Å². The van der Waals surface area contributed by atoms with Crippen LogP contribution in [0.2, 0.25) is 0 Å². The number of hydrogen-bond acceptors (Lipinski definition) is 4. The van der Waals surface area contributed by atoms with Crippen molar-refractivity contribution in [1.29, 1.82) is 0 Å². The molecule has 1 aliphatic heterocycles. The lowest BCUT2D eigenvalue weighted by atomic mass is 9.90. The quantitative estimate of drug-likeness (QED) is 0.927. The van der Waals surface area contributed by atoms with Crippen LogP contribution in [0, 0.1) is 12.8 Å². The molecule has 1 saturated carbocycles. The van der Waals surface area contributed by atoms with Crippen LogP contribution < -0.4 is 10.5 Å². The average molecular weight is 304 g/mol. The second-order valence-electron chi connectivity index (χ2n) is 7.17. The highest BCUT2D eigenvalue weighted by atomic mass is 17.0. The van der Waals surface area contributed by atoms with Crippen molar-refractivity contribution in [2.45, 2.75) is 58.7 Å². The molecule has 2 fully saturated rings. The summed E-state index contributed by atoms with van der Waals surface area (Å²) >= 11 is 0. The van der Waals surface area contributed by atoms with Crippen LogP contribution in [0.15, 0.2) is 18.2 Å². The van der Waals surface area contributed by atoms with E-state index in [0.29, 0.717) is 0 Å². The van der Waals surface area contributed by atoms with E-state index in [9.17, 15) is 4.79 Å². The van der Waals surface area contributed by atoms with Gasteiger partial charge in [-0.25, -0.2) is 9.68 Å². The zero-order valence-corrected chi connectivity index (χ0v) is 13.9. The molecule has 0 spiro atoms. The molecule has 5 nitrogen and oxygen atoms in total. The number of benzene rings is 1. The SMILES string of the molecule is Cc1c(NC(=O)C2CC2)cccc1N1OC(C)(C)C(C)(C)O1. The third-order valence-corrected chi connectivity index (χ3v) is 4.78. The fourth-order valence-electron chi connectivity index (χ4n) is 2.29. The molecule has 1 amide bonds. The number of anilines is 2. The molecule has 1 heterocycles. The van der Waals surface area contributed by atoms with Gasteiger partial charge in [0.2, 0.25) is 5.91 Å². The molecule has 3 rings (SSSR count). The molecule has 5 heteroatoms. The third kappa shape index (κ3) is 2.59. The lowest BCUT2D eigenvalue weighted by Gasteiger charge is -2.26. The van der Waals surface area contributed by atoms with Gasteiger partial charge in [-0.15, -0.1) is 5.23 Å². The fraction of sp³-hybridized carbons (Fsp3) is 0.588. The maximum Gasteiger partial charge on any atom is 0.227 e. The number of hydrogen-bond donors (Lipinski definition) is 1. The standard InChI is InChI=1S/C17H24N2O3/c1-11-13(18-15(20)12-9-10-12)7-6-8-14(11)19-21-16(2,3)17(4,5)22-19/h6-8,12H,9-10H2,1-5H3,(H,18,20). The average Bonchev–Trinajstić information content (AvgIpc) is 3.20. The van der Waals surface area contributed by atoms with Crippen molar-refractivity contribution >= 4 is 17.3 Å². The third-order valence-electron chi connectivity index (χ3n) is 4.78. The van der Waals surface area contributed by atoms with Gasteiger partial charge in [0.05, 0.1) is 5.69 Å². The lowest BCUT2D eigenvalue weighted by molar-refractivity contribution is -0.117. The monoisotopic (exact) mass is 304 g/mol. The number of amides is 1. The van der Waals surface area contributed by atoms with E-state index < -0.39 is 11.2 Å². The Morgan fingerprint density at radius 2 is 1.77 bits per heavy atom. The molecule has 0 bridgehead atoms. The molecule has 0 radical (unpaired) electrons. The molecule has 1 aliphatic carbocycles. The van der Waals surface area contributed by atoms with Crippen LogP contribution in [0.1, 0.15) is 46.1 Å². The summed E-state index contributed by atoms with van der Waals surface area (Å²) in [6.07, 6.45) is 1.98. The topological polar surface area (TPSA) is 50.8 Å². The molecule has 1 N–H and O–H groups in total. The number of nitrogens with zero attached hydrogens (tertiary/aromatic N) is 1. The molecule has 2 aliphatic rings. The van der Waals surface area contributed by atoms with E-state index in [1.165, 1.54) is 5.23 Å². The summed E-state index contributed by atoms with van der Waals surface area (Å²) in [6.45, 7) is 9.97. The van der Waals surface area contributed by atoms with Crippen LogP contribution in [0.5, 0.6) is 0 Å². The van der Waals surface area contributed by atoms with Gasteiger partial charge in [-0.2, -0.15) is 0 Å². The van der Waals surface area contributed by atoms with Crippen LogP contribution in [-0.2, 0) is 14.5 Å². The molecular formula is C17H24N2O3. The van der Waals surface area contributed by atoms with Crippen molar-refractivity contribution in [2.24, 2.45) is 5.92 Å². The van der Waals surface area contributed by atoms with Gasteiger partial charge >= 0.3 is 0 Å². The van der Waals surface area contributed by atoms with Crippen LogP contribution in [0.4, 0.5) is 11.4 Å². The van der Waals surface area contributed by atoms with Gasteiger partial charge in [0.25, 0.3) is 0 Å². The highest BCUT2D eigenvalue weighted by Crippen LogP contribution is 2.41. The minimum atomic E-state index is -0.438. The maximum atomic E-state index is 12.0. The zero-order valence-electron chi connectivity index (χ0n) is 13.9. The second kappa shape index (κ2) is 4.96. The summed E-state index contributed by atoms with van der Waals surface area (Å²) in [4.78, 5) is 23.9. The second-order valence-corrected chi connectivity index (χ2v) is 7.17. The summed E-state index contributed by atoms with van der Waals surface area (Å²) in [5, 5.41) is 4.48. The molecular weight excluding hydrogens is 280 g/mol. The smallest absolute Gasteiger partial charge is 0.227 e. The van der Waals surface area contributed by atoms with Crippen molar-refractivity contribution in [1.82, 2.24) is 0 Å². The van der Waals surface area contributed by atoms with Gasteiger partial charge in [-0.3, -0.25) is 4.79 Å². The van der Waals surface area contributed by atoms with Crippen LogP contribution >= 0.6 is 0 Å². The Morgan fingerprint density at radius 3 is 2.32 bits per heavy atom. The number of carbonyl (C=O) groups excluding carboxylic acids is 1. The first-order valence-corrected chi connectivity index (χ1v) is 7.80. The summed E-state index contributed by atoms with van der Waals surface area (Å²) in [5.41, 5.74) is 1.68. The Bertz CT molecular complexity index is 590. The first kappa shape index (κ1) is 15.3. The van der Waals surface area contributed by atoms with E-state index in [1.807, 2.05) is 52.8 Å². The van der Waals surface area contributed by atoms with Gasteiger partial charge in [-0.05, 0) is 59.6 Å². The number of nitrogens with one attached hydrogen (secondary N) is 1. The normalized spacial score (nSPS) is 22.7. The van der Waals surface area contributed by atoms with E-state index in [-0.39, 0.29) is 11.8 Å². The molecule has 1 aromatic carbocycles. The van der Waals surface area contributed by atoms with Crippen molar-refractivity contribution in [3.8, 4) is 0 Å². The van der Waals surface area contributed by atoms with Crippen molar-refractivity contribution in [2.75, 3.05) is 10.5 Å². The fourth-order valence-corrected chi connectivity index (χ4v) is 2.29. The molecule has 0 aromatic heterocycles. The summed E-state index contributed by atoms with van der Waals surface area (Å²) in [6, 6.07) is 5.74. The molecule has 1 saturated heterocycles. The Balaban J connectivity index is 1.84. The lowest BCUT2D eigenvalue weighted by Crippen LogP contribution is -2.41. The van der Waals surface area contributed by atoms with Crippen LogP contribution in [-0.4, -0.2) is 17.1 Å². The Labute approximate surface area is 131 Å². The molecule has 22 heavy (non-hydrogen) atoms. The van der Waals surface area contributed by atoms with E-state index in [0.717, 1.165) is 29.8 Å². The van der Waals surface area contributed by atoms with E-state index in [1.54, 1.807) is 0 Å². The van der Waals surface area contributed by atoms with Gasteiger partial charge in [-0.1, -0.05) is 6.07 Å². The molecule has 0 unspecified atom stereocenters. The number of carbonyl (C=O) groups is 1. The van der Waals surface area contributed by atoms with Crippen LogP contribution in [0.25, 0.3) is 0 Å². The van der Waals surface area contributed by atoms with E-state index >= 15 is 0 Å². The minimum absolute atomic E-state index is 0.101. The van der Waals surface area contributed by atoms with Crippen LogP contribution in [0.3, 0.4) is 0 Å². The van der Waals surface area contributed by atoms with Gasteiger partial charge in [0.1, 0.15) is 11.2 Å². The maximum absolute atomic E-state index is 12.0. The van der Waals surface area contributed by atoms with Gasteiger partial charge in [0.15, 0.2) is 0 Å². The minimum Gasteiger partial charge on any atom is -0.326 e. The Morgan fingerprint density at radius 1 is 1.18 bits per heavy atom. The van der Waals surface area contributed by atoms with Crippen molar-refractivity contribution in [3.05, 3.63) is 23.8 Å². The van der Waals surface area contributed by atoms with Crippen molar-refractivity contribution in [3.63, 3.8) is 0 Å². The Kier molecular flexibility index (Phi) is 3.45. The highest BCUT2D eigenvalue weighted by Gasteiger charge is 2.50. The Hall–Kier alpha value is -1.59. The number of rotatable bonds is 3. The first-order valence-electron chi connectivity index (χ1n) is 7.80. The summed E-state index contributed by atoms with van der Waals surface area (Å²) in [7, 11) is 0. The summed E-state index contributed by atoms with van der Waals surface area (Å²) in [5.74, 6) is 0.282. The predicted octanol–water partition coefficient (Wildman–Crippen LogP) is 3.58. The predicted molar refractivity (Wildman–Crippen MR) is 85.3 cm³/mol. The first-order chi connectivity index (χ1) is 10.2. The molecule has 120 valence electrons. The molecule has 1 aromatic rings. The van der Waals surface area contributed by atoms with Crippen molar-refractivity contribution < 1.29 is 14.5 Å². The molecule has 0 atom stereocenters.